The molecular weight excluding hydrogens is 299 g/mol. The van der Waals surface area contributed by atoms with Gasteiger partial charge in [-0.1, -0.05) is 44.5 Å². The van der Waals surface area contributed by atoms with Crippen LogP contribution in [0.5, 0.6) is 0 Å². The second-order valence-electron chi connectivity index (χ2n) is 5.99. The Morgan fingerprint density at radius 1 is 1.05 bits per heavy atom. The number of hydrogen-bond acceptors (Lipinski definition) is 2. The molecule has 1 aromatic rings. The van der Waals surface area contributed by atoms with Crippen molar-refractivity contribution in [2.75, 3.05) is 6.61 Å². The number of hydrogen-bond donors (Lipinski definition) is 2. The van der Waals surface area contributed by atoms with Crippen LogP contribution < -0.4 is 0 Å². The van der Waals surface area contributed by atoms with Gasteiger partial charge in [0.1, 0.15) is 0 Å². The van der Waals surface area contributed by atoms with Crippen molar-refractivity contribution < 1.29 is 18.9 Å². The average Bonchev–Trinajstić information content (AvgIpc) is 2.37. The van der Waals surface area contributed by atoms with Crippen LogP contribution in [0, 0.1) is 29.1 Å². The van der Waals surface area contributed by atoms with Gasteiger partial charge >= 0.3 is 7.82 Å². The van der Waals surface area contributed by atoms with E-state index in [0.717, 1.165) is 17.5 Å². The maximum absolute atomic E-state index is 10.5. The molecule has 0 saturated carbocycles. The highest BCUT2D eigenvalue weighted by atomic mass is 31.2. The molecule has 0 atom stereocenters. The summed E-state index contributed by atoms with van der Waals surface area (Å²) in [6, 6.07) is 7.56. The van der Waals surface area contributed by atoms with Crippen LogP contribution in [0.1, 0.15) is 44.7 Å². The topological polar surface area (TPSA) is 66.8 Å². The van der Waals surface area contributed by atoms with Crippen LogP contribution in [0.15, 0.2) is 24.3 Å². The van der Waals surface area contributed by atoms with Gasteiger partial charge in [-0.15, -0.1) is 0 Å². The van der Waals surface area contributed by atoms with Crippen molar-refractivity contribution in [3.8, 4) is 23.7 Å². The van der Waals surface area contributed by atoms with Gasteiger partial charge < -0.3 is 9.79 Å². The first-order valence-electron chi connectivity index (χ1n) is 6.94. The second-order valence-corrected chi connectivity index (χ2v) is 7.23. The largest absolute Gasteiger partial charge is 0.469 e. The molecule has 1 rings (SSSR count). The normalized spacial score (nSPS) is 11.1. The summed E-state index contributed by atoms with van der Waals surface area (Å²) >= 11 is 0. The zero-order valence-electron chi connectivity index (χ0n) is 13.1. The molecule has 0 aromatic heterocycles. The minimum atomic E-state index is -4.39. The van der Waals surface area contributed by atoms with E-state index in [0.29, 0.717) is 0 Å². The number of benzene rings is 1. The lowest BCUT2D eigenvalue weighted by Crippen LogP contribution is -2.02. The van der Waals surface area contributed by atoms with E-state index in [1.54, 1.807) is 0 Å². The molecule has 118 valence electrons. The molecule has 0 aliphatic rings. The number of rotatable bonds is 3. The van der Waals surface area contributed by atoms with E-state index in [4.69, 9.17) is 9.79 Å². The van der Waals surface area contributed by atoms with Gasteiger partial charge in [-0.05, 0) is 29.7 Å². The Labute approximate surface area is 132 Å². The first kappa shape index (κ1) is 18.5. The number of phosphoric acid groups is 1. The third kappa shape index (κ3) is 9.40. The summed E-state index contributed by atoms with van der Waals surface area (Å²) in [5, 5.41) is 0. The summed E-state index contributed by atoms with van der Waals surface area (Å²) in [6.45, 7) is 6.36. The van der Waals surface area contributed by atoms with Gasteiger partial charge in [-0.25, -0.2) is 4.57 Å². The smallest absolute Gasteiger partial charge is 0.303 e. The monoisotopic (exact) mass is 320 g/mol. The van der Waals surface area contributed by atoms with Crippen LogP contribution in [0.25, 0.3) is 0 Å². The third-order valence-corrected chi connectivity index (χ3v) is 2.97. The van der Waals surface area contributed by atoms with Gasteiger partial charge in [0, 0.05) is 24.0 Å². The molecule has 5 heteroatoms. The molecule has 0 fully saturated rings. The highest BCUT2D eigenvalue weighted by Crippen LogP contribution is 2.35. The van der Waals surface area contributed by atoms with Crippen LogP contribution in [-0.2, 0) is 9.09 Å². The summed E-state index contributed by atoms with van der Waals surface area (Å²) in [4.78, 5) is 17.0. The average molecular weight is 320 g/mol. The van der Waals surface area contributed by atoms with Crippen molar-refractivity contribution >= 4 is 7.82 Å². The maximum atomic E-state index is 10.5. The fraction of sp³-hybridized carbons (Fsp3) is 0.412. The van der Waals surface area contributed by atoms with E-state index in [1.165, 1.54) is 0 Å². The summed E-state index contributed by atoms with van der Waals surface area (Å²) in [5.74, 6) is 12.0. The van der Waals surface area contributed by atoms with Crippen LogP contribution in [0.4, 0.5) is 0 Å². The minimum absolute atomic E-state index is 0.0896. The Balaban J connectivity index is 2.50. The maximum Gasteiger partial charge on any atom is 0.469 e. The van der Waals surface area contributed by atoms with E-state index in [1.807, 2.05) is 24.3 Å². The summed E-state index contributed by atoms with van der Waals surface area (Å²) in [5.41, 5.74) is 1.98. The molecule has 0 saturated heterocycles. The zero-order chi connectivity index (χ0) is 16.6. The fourth-order valence-electron chi connectivity index (χ4n) is 1.43. The fourth-order valence-corrected chi connectivity index (χ4v) is 1.76. The van der Waals surface area contributed by atoms with E-state index in [2.05, 4.69) is 49.0 Å². The summed E-state index contributed by atoms with van der Waals surface area (Å²) < 4.78 is 14.8. The Bertz CT molecular complexity index is 642. The highest BCUT2D eigenvalue weighted by molar-refractivity contribution is 7.46. The molecular formula is C17H21O4P. The Hall–Kier alpha value is -1.55. The predicted molar refractivity (Wildman–Crippen MR) is 86.9 cm³/mol. The lowest BCUT2D eigenvalue weighted by atomic mass is 9.93. The van der Waals surface area contributed by atoms with Gasteiger partial charge in [0.05, 0.1) is 6.61 Å². The van der Waals surface area contributed by atoms with Crippen molar-refractivity contribution in [2.45, 2.75) is 33.6 Å². The molecule has 0 bridgehead atoms. The molecule has 0 amide bonds. The molecule has 4 nitrogen and oxygen atoms in total. The van der Waals surface area contributed by atoms with Crippen LogP contribution in [0.2, 0.25) is 0 Å². The zero-order valence-corrected chi connectivity index (χ0v) is 14.0. The molecule has 0 heterocycles. The predicted octanol–water partition coefficient (Wildman–Crippen LogP) is 3.33. The molecule has 1 aromatic carbocycles. The van der Waals surface area contributed by atoms with Crippen molar-refractivity contribution in [1.29, 1.82) is 0 Å². The molecule has 0 spiro atoms. The lowest BCUT2D eigenvalue weighted by Gasteiger charge is -2.12. The lowest BCUT2D eigenvalue weighted by molar-refractivity contribution is 0.201. The van der Waals surface area contributed by atoms with Crippen LogP contribution >= 0.6 is 7.82 Å². The molecule has 0 aliphatic carbocycles. The minimum Gasteiger partial charge on any atom is -0.303 e. The van der Waals surface area contributed by atoms with Crippen molar-refractivity contribution in [2.24, 2.45) is 5.41 Å². The first-order chi connectivity index (χ1) is 10.2. The van der Waals surface area contributed by atoms with Gasteiger partial charge in [-0.3, -0.25) is 4.52 Å². The van der Waals surface area contributed by atoms with E-state index in [-0.39, 0.29) is 18.4 Å². The van der Waals surface area contributed by atoms with Gasteiger partial charge in [0.2, 0.25) is 0 Å². The highest BCUT2D eigenvalue weighted by Gasteiger charge is 2.11. The van der Waals surface area contributed by atoms with Crippen LogP contribution in [0.3, 0.4) is 0 Å². The molecule has 2 N–H and O–H groups in total. The van der Waals surface area contributed by atoms with E-state index in [9.17, 15) is 4.57 Å². The van der Waals surface area contributed by atoms with E-state index >= 15 is 0 Å². The third-order valence-electron chi connectivity index (χ3n) is 2.46. The standard InChI is InChI=1S/C17H21O4P/c1-17(2,3)13-6-8-16-11-9-15(10-12-16)7-4-5-14-21-22(18,19)20/h9-12H,5,13-14H2,1-3H3,(H2,18,19,20). The van der Waals surface area contributed by atoms with Crippen molar-refractivity contribution in [3.63, 3.8) is 0 Å². The SMILES string of the molecule is CC(C)(C)CC#Cc1ccc(C#CCCOP(=O)(O)O)cc1. The Kier molecular flexibility index (Phi) is 6.88. The van der Waals surface area contributed by atoms with Gasteiger partial charge in [0.25, 0.3) is 0 Å². The Morgan fingerprint density at radius 2 is 1.55 bits per heavy atom. The summed E-state index contributed by atoms with van der Waals surface area (Å²) in [6.07, 6.45) is 1.10. The molecule has 0 aliphatic heterocycles. The molecule has 22 heavy (non-hydrogen) atoms. The molecule has 0 radical (unpaired) electrons. The van der Waals surface area contributed by atoms with Crippen LogP contribution in [-0.4, -0.2) is 16.4 Å². The number of phosphoric ester groups is 1. The Morgan fingerprint density at radius 3 is 2.00 bits per heavy atom. The molecule has 0 unspecified atom stereocenters. The van der Waals surface area contributed by atoms with Crippen molar-refractivity contribution in [3.05, 3.63) is 35.4 Å². The quantitative estimate of drug-likeness (QED) is 0.509. The van der Waals surface area contributed by atoms with Gasteiger partial charge in [0.15, 0.2) is 0 Å². The summed E-state index contributed by atoms with van der Waals surface area (Å²) in [7, 11) is -4.39. The van der Waals surface area contributed by atoms with Gasteiger partial charge in [-0.2, -0.15) is 0 Å². The van der Waals surface area contributed by atoms with E-state index < -0.39 is 7.82 Å². The van der Waals surface area contributed by atoms with Crippen molar-refractivity contribution in [1.82, 2.24) is 0 Å². The second kappa shape index (κ2) is 8.18. The first-order valence-corrected chi connectivity index (χ1v) is 8.47.